The molecule has 2 saturated heterocycles. The van der Waals surface area contributed by atoms with Crippen LogP contribution in [0.1, 0.15) is 37.2 Å². The third kappa shape index (κ3) is 6.19. The normalized spacial score (nSPS) is 19.6. The molecule has 0 saturated carbocycles. The molecule has 1 atom stereocenters. The summed E-state index contributed by atoms with van der Waals surface area (Å²) >= 11 is 0. The molecule has 3 aromatic rings. The van der Waals surface area contributed by atoms with Gasteiger partial charge in [0, 0.05) is 37.4 Å². The van der Waals surface area contributed by atoms with Crippen molar-refractivity contribution in [1.82, 2.24) is 9.80 Å². The van der Waals surface area contributed by atoms with E-state index in [1.165, 1.54) is 31.5 Å². The van der Waals surface area contributed by atoms with Crippen LogP contribution in [0.5, 0.6) is 0 Å². The topological polar surface area (TPSA) is 26.8 Å². The lowest BCUT2D eigenvalue weighted by Crippen LogP contribution is -2.39. The summed E-state index contributed by atoms with van der Waals surface area (Å²) < 4.78 is 0. The zero-order valence-corrected chi connectivity index (χ0v) is 20.6. The van der Waals surface area contributed by atoms with E-state index in [2.05, 4.69) is 40.1 Å². The molecule has 2 heterocycles. The van der Waals surface area contributed by atoms with Gasteiger partial charge in [0.05, 0.1) is 0 Å². The largest absolute Gasteiger partial charge is 0.302 e. The highest BCUT2D eigenvalue weighted by atomic mass is 16.2. The summed E-state index contributed by atoms with van der Waals surface area (Å²) in [5, 5.41) is 0. The maximum Gasteiger partial charge on any atom is 0.231 e. The highest BCUT2D eigenvalue weighted by Crippen LogP contribution is 2.30. The summed E-state index contributed by atoms with van der Waals surface area (Å²) in [6.45, 7) is 6.78. The van der Waals surface area contributed by atoms with Crippen LogP contribution in [-0.4, -0.2) is 55.0 Å². The van der Waals surface area contributed by atoms with E-state index in [9.17, 15) is 4.79 Å². The van der Waals surface area contributed by atoms with Gasteiger partial charge in [-0.15, -0.1) is 0 Å². The third-order valence-electron chi connectivity index (χ3n) is 7.70. The average Bonchev–Trinajstić information content (AvgIpc) is 3.37. The van der Waals surface area contributed by atoms with Gasteiger partial charge < -0.3 is 9.80 Å². The lowest BCUT2D eigenvalue weighted by atomic mass is 9.89. The molecule has 4 nitrogen and oxygen atoms in total. The van der Waals surface area contributed by atoms with E-state index >= 15 is 0 Å². The van der Waals surface area contributed by atoms with E-state index in [1.54, 1.807) is 0 Å². The Morgan fingerprint density at radius 2 is 1.20 bits per heavy atom. The predicted molar refractivity (Wildman–Crippen MR) is 144 cm³/mol. The van der Waals surface area contributed by atoms with Crippen LogP contribution in [0.4, 0.5) is 11.4 Å². The summed E-state index contributed by atoms with van der Waals surface area (Å²) in [7, 11) is 0. The lowest BCUT2D eigenvalue weighted by Gasteiger charge is -2.33. The number of carbonyl (C=O) groups excluding carboxylic acids is 1. The molecular weight excluding hydrogens is 430 g/mol. The number of piperidine rings is 1. The fourth-order valence-corrected chi connectivity index (χ4v) is 5.71. The monoisotopic (exact) mass is 467 g/mol. The summed E-state index contributed by atoms with van der Waals surface area (Å²) in [6, 6.07) is 31.1. The minimum atomic E-state index is 0.192. The third-order valence-corrected chi connectivity index (χ3v) is 7.70. The van der Waals surface area contributed by atoms with E-state index in [-0.39, 0.29) is 5.91 Å². The summed E-state index contributed by atoms with van der Waals surface area (Å²) in [5.74, 6) is 1.34. The minimum absolute atomic E-state index is 0.192. The van der Waals surface area contributed by atoms with Crippen LogP contribution >= 0.6 is 0 Å². The van der Waals surface area contributed by atoms with Gasteiger partial charge in [-0.3, -0.25) is 9.69 Å². The number of hydrogen-bond acceptors (Lipinski definition) is 3. The number of amides is 1. The molecule has 182 valence electrons. The zero-order valence-electron chi connectivity index (χ0n) is 20.6. The van der Waals surface area contributed by atoms with Crippen LogP contribution in [0.3, 0.4) is 0 Å². The predicted octanol–water partition coefficient (Wildman–Crippen LogP) is 5.94. The molecular formula is C31H37N3O. The molecule has 0 aliphatic carbocycles. The minimum Gasteiger partial charge on any atom is -0.302 e. The summed E-state index contributed by atoms with van der Waals surface area (Å²) in [5.41, 5.74) is 3.38. The maximum atomic E-state index is 13.5. The van der Waals surface area contributed by atoms with Gasteiger partial charge in [-0.2, -0.15) is 0 Å². The quantitative estimate of drug-likeness (QED) is 0.410. The Morgan fingerprint density at radius 1 is 0.686 bits per heavy atom. The molecule has 0 radical (unpaired) electrons. The van der Waals surface area contributed by atoms with Gasteiger partial charge in [0.15, 0.2) is 0 Å². The van der Waals surface area contributed by atoms with Crippen LogP contribution in [0.25, 0.3) is 0 Å². The number of nitrogens with zero attached hydrogens (tertiary/aromatic N) is 3. The van der Waals surface area contributed by atoms with E-state index in [0.29, 0.717) is 18.3 Å². The number of para-hydroxylation sites is 2. The highest BCUT2D eigenvalue weighted by Gasteiger charge is 2.28. The second-order valence-corrected chi connectivity index (χ2v) is 10.1. The summed E-state index contributed by atoms with van der Waals surface area (Å²) in [4.78, 5) is 20.5. The molecule has 4 heteroatoms. The molecule has 0 bridgehead atoms. The van der Waals surface area contributed by atoms with Gasteiger partial charge in [-0.05, 0) is 80.6 Å². The fraction of sp³-hybridized carbons (Fsp3) is 0.387. The SMILES string of the molecule is O=C(CC1CCN(CCN2CCC(c3ccccc3)CC2)C1)N(c1ccccc1)c1ccccc1. The van der Waals surface area contributed by atoms with Crippen molar-refractivity contribution in [1.29, 1.82) is 0 Å². The molecule has 0 spiro atoms. The fourth-order valence-electron chi connectivity index (χ4n) is 5.71. The molecule has 1 unspecified atom stereocenters. The Hall–Kier alpha value is -2.95. The molecule has 2 aliphatic rings. The zero-order chi connectivity index (χ0) is 23.9. The van der Waals surface area contributed by atoms with Crippen molar-refractivity contribution in [3.63, 3.8) is 0 Å². The Kier molecular flexibility index (Phi) is 7.92. The number of benzene rings is 3. The van der Waals surface area contributed by atoms with Crippen LogP contribution in [0.15, 0.2) is 91.0 Å². The Morgan fingerprint density at radius 3 is 1.80 bits per heavy atom. The lowest BCUT2D eigenvalue weighted by molar-refractivity contribution is -0.118. The van der Waals surface area contributed by atoms with Crippen LogP contribution in [0, 0.1) is 5.92 Å². The standard InChI is InChI=1S/C31H37N3O/c35-31(34(29-12-6-2-7-13-29)30-14-8-3-9-15-30)24-26-16-19-33(25-26)23-22-32-20-17-28(18-21-32)27-10-4-1-5-11-27/h1-15,26,28H,16-25H2. The van der Waals surface area contributed by atoms with E-state index < -0.39 is 0 Å². The number of carbonyl (C=O) groups is 1. The van der Waals surface area contributed by atoms with E-state index in [4.69, 9.17) is 0 Å². The second-order valence-electron chi connectivity index (χ2n) is 10.1. The molecule has 5 rings (SSSR count). The number of hydrogen-bond donors (Lipinski definition) is 0. The van der Waals surface area contributed by atoms with Gasteiger partial charge in [-0.1, -0.05) is 66.7 Å². The molecule has 2 fully saturated rings. The van der Waals surface area contributed by atoms with Crippen molar-refractivity contribution < 1.29 is 4.79 Å². The Balaban J connectivity index is 1.10. The smallest absolute Gasteiger partial charge is 0.231 e. The first kappa shape index (κ1) is 23.8. The molecule has 3 aromatic carbocycles. The molecule has 35 heavy (non-hydrogen) atoms. The van der Waals surface area contributed by atoms with Gasteiger partial charge in [-0.25, -0.2) is 0 Å². The van der Waals surface area contributed by atoms with Crippen molar-refractivity contribution in [3.8, 4) is 0 Å². The second kappa shape index (κ2) is 11.7. The van der Waals surface area contributed by atoms with Crippen molar-refractivity contribution in [2.75, 3.05) is 44.2 Å². The van der Waals surface area contributed by atoms with E-state index in [0.717, 1.165) is 44.0 Å². The number of likely N-dealkylation sites (tertiary alicyclic amines) is 2. The first-order chi connectivity index (χ1) is 17.3. The van der Waals surface area contributed by atoms with Crippen molar-refractivity contribution in [2.24, 2.45) is 5.92 Å². The van der Waals surface area contributed by atoms with Crippen LogP contribution < -0.4 is 4.90 Å². The first-order valence-corrected chi connectivity index (χ1v) is 13.2. The molecule has 1 amide bonds. The van der Waals surface area contributed by atoms with Gasteiger partial charge in [0.1, 0.15) is 0 Å². The van der Waals surface area contributed by atoms with Crippen LogP contribution in [-0.2, 0) is 4.79 Å². The van der Waals surface area contributed by atoms with E-state index in [1.807, 2.05) is 65.6 Å². The summed E-state index contributed by atoms with van der Waals surface area (Å²) in [6.07, 6.45) is 4.23. The molecule has 0 N–H and O–H groups in total. The van der Waals surface area contributed by atoms with Gasteiger partial charge in [0.25, 0.3) is 0 Å². The Bertz CT molecular complexity index is 1010. The molecule has 2 aliphatic heterocycles. The number of anilines is 2. The van der Waals surface area contributed by atoms with Crippen molar-refractivity contribution >= 4 is 17.3 Å². The first-order valence-electron chi connectivity index (χ1n) is 13.2. The van der Waals surface area contributed by atoms with Gasteiger partial charge in [0.2, 0.25) is 5.91 Å². The molecule has 0 aromatic heterocycles. The number of rotatable bonds is 8. The highest BCUT2D eigenvalue weighted by molar-refractivity contribution is 6.00. The Labute approximate surface area is 210 Å². The van der Waals surface area contributed by atoms with Crippen molar-refractivity contribution in [2.45, 2.75) is 31.6 Å². The van der Waals surface area contributed by atoms with Crippen molar-refractivity contribution in [3.05, 3.63) is 96.6 Å². The maximum absolute atomic E-state index is 13.5. The van der Waals surface area contributed by atoms with Gasteiger partial charge >= 0.3 is 0 Å². The van der Waals surface area contributed by atoms with Crippen LogP contribution in [0.2, 0.25) is 0 Å². The average molecular weight is 468 g/mol.